The molecule has 0 saturated carbocycles. The van der Waals surface area contributed by atoms with Crippen LogP contribution in [0, 0.1) is 0 Å². The van der Waals surface area contributed by atoms with Crippen LogP contribution >= 0.6 is 11.8 Å². The fourth-order valence-corrected chi connectivity index (χ4v) is 6.17. The van der Waals surface area contributed by atoms with E-state index >= 15 is 0 Å². The Kier molecular flexibility index (Phi) is 7.91. The highest BCUT2D eigenvalue weighted by atomic mass is 32.2. The minimum atomic E-state index is 0.855. The van der Waals surface area contributed by atoms with E-state index in [0.717, 1.165) is 43.0 Å². The Balaban J connectivity index is 1.72. The van der Waals surface area contributed by atoms with Crippen LogP contribution in [0.3, 0.4) is 0 Å². The van der Waals surface area contributed by atoms with Gasteiger partial charge < -0.3 is 14.5 Å². The van der Waals surface area contributed by atoms with Crippen LogP contribution in [0.25, 0.3) is 22.7 Å². The number of aromatic nitrogens is 1. The smallest absolute Gasteiger partial charge is 0.282 e. The SMILES string of the molecule is CCN(CCCN(C)C)c1cc(C=C2Sc3ccccc3N2C)c2ccc(OC)cc2[n+]1-c1ccccc1. The predicted molar refractivity (Wildman–Crippen MR) is 162 cm³/mol. The van der Waals surface area contributed by atoms with Crippen molar-refractivity contribution in [2.75, 3.05) is 57.7 Å². The van der Waals surface area contributed by atoms with Gasteiger partial charge in [-0.3, -0.25) is 4.90 Å². The third kappa shape index (κ3) is 5.24. The number of methoxy groups -OCH3 is 1. The Morgan fingerprint density at radius 2 is 1.71 bits per heavy atom. The van der Waals surface area contributed by atoms with E-state index in [1.807, 2.05) is 11.8 Å². The molecule has 1 aliphatic heterocycles. The fourth-order valence-electron chi connectivity index (χ4n) is 5.07. The lowest BCUT2D eigenvalue weighted by atomic mass is 10.1. The third-order valence-electron chi connectivity index (χ3n) is 7.07. The van der Waals surface area contributed by atoms with Gasteiger partial charge in [-0.2, -0.15) is 4.57 Å². The number of nitrogens with zero attached hydrogens (tertiary/aromatic N) is 4. The van der Waals surface area contributed by atoms with Crippen molar-refractivity contribution >= 4 is 40.2 Å². The van der Waals surface area contributed by atoms with Gasteiger partial charge in [0.25, 0.3) is 5.82 Å². The van der Waals surface area contributed by atoms with Crippen molar-refractivity contribution in [3.8, 4) is 11.4 Å². The molecule has 0 radical (unpaired) electrons. The van der Waals surface area contributed by atoms with Gasteiger partial charge >= 0.3 is 0 Å². The predicted octanol–water partition coefficient (Wildman–Crippen LogP) is 6.44. The summed E-state index contributed by atoms with van der Waals surface area (Å²) in [6, 6.07) is 28.1. The molecule has 0 amide bonds. The quantitative estimate of drug-likeness (QED) is 0.234. The van der Waals surface area contributed by atoms with Crippen LogP contribution in [-0.4, -0.2) is 52.8 Å². The lowest BCUT2D eigenvalue weighted by Gasteiger charge is -2.22. The first-order valence-corrected chi connectivity index (χ1v) is 14.1. The minimum absolute atomic E-state index is 0.855. The van der Waals surface area contributed by atoms with Crippen molar-refractivity contribution in [1.29, 1.82) is 0 Å². The van der Waals surface area contributed by atoms with Gasteiger partial charge in [0.2, 0.25) is 0 Å². The normalized spacial score (nSPS) is 13.9. The number of rotatable bonds is 9. The highest BCUT2D eigenvalue weighted by molar-refractivity contribution is 8.03. The summed E-state index contributed by atoms with van der Waals surface area (Å²) < 4.78 is 8.09. The molecule has 0 N–H and O–H groups in total. The summed E-state index contributed by atoms with van der Waals surface area (Å²) in [5.41, 5.74) is 4.74. The molecule has 0 aliphatic carbocycles. The van der Waals surface area contributed by atoms with E-state index in [4.69, 9.17) is 4.74 Å². The zero-order valence-corrected chi connectivity index (χ0v) is 23.8. The summed E-state index contributed by atoms with van der Waals surface area (Å²) in [4.78, 5) is 8.34. The average molecular weight is 526 g/mol. The number of fused-ring (bicyclic) bond motifs is 2. The van der Waals surface area contributed by atoms with E-state index in [-0.39, 0.29) is 0 Å². The standard InChI is InChI=1S/C32H37N4OS/c1-6-35(20-12-19-33(2)3)31-21-24(22-32-34(4)28-15-10-11-16-30(28)38-32)27-18-17-26(37-5)23-29(27)36(31)25-13-8-7-9-14-25/h7-11,13-18,21-23H,6,12,19-20H2,1-5H3/q+1. The maximum Gasteiger partial charge on any atom is 0.282 e. The average Bonchev–Trinajstić information content (AvgIpc) is 3.25. The summed E-state index contributed by atoms with van der Waals surface area (Å²) >= 11 is 1.83. The van der Waals surface area contributed by atoms with Crippen LogP contribution in [0.1, 0.15) is 18.9 Å². The zero-order chi connectivity index (χ0) is 26.6. The summed E-state index contributed by atoms with van der Waals surface area (Å²) in [6.07, 6.45) is 3.43. The highest BCUT2D eigenvalue weighted by Crippen LogP contribution is 2.46. The van der Waals surface area contributed by atoms with Crippen LogP contribution in [0.15, 0.2) is 88.8 Å². The van der Waals surface area contributed by atoms with E-state index in [1.165, 1.54) is 32.4 Å². The molecule has 196 valence electrons. The van der Waals surface area contributed by atoms with Gasteiger partial charge in [-0.1, -0.05) is 42.1 Å². The first-order chi connectivity index (χ1) is 18.5. The van der Waals surface area contributed by atoms with Gasteiger partial charge in [-0.25, -0.2) is 0 Å². The monoisotopic (exact) mass is 525 g/mol. The topological polar surface area (TPSA) is 22.8 Å². The minimum Gasteiger partial charge on any atom is -0.497 e. The molecule has 38 heavy (non-hydrogen) atoms. The third-order valence-corrected chi connectivity index (χ3v) is 8.24. The molecule has 0 bridgehead atoms. The largest absolute Gasteiger partial charge is 0.497 e. The maximum absolute atomic E-state index is 5.70. The van der Waals surface area contributed by atoms with Gasteiger partial charge in [0.15, 0.2) is 0 Å². The number of anilines is 2. The second kappa shape index (κ2) is 11.5. The van der Waals surface area contributed by atoms with Crippen molar-refractivity contribution in [1.82, 2.24) is 4.90 Å². The van der Waals surface area contributed by atoms with Crippen LogP contribution in [0.2, 0.25) is 0 Å². The second-order valence-corrected chi connectivity index (χ2v) is 10.9. The number of thioether (sulfide) groups is 1. The Bertz CT molecular complexity index is 1450. The zero-order valence-electron chi connectivity index (χ0n) is 23.0. The number of hydrogen-bond donors (Lipinski definition) is 0. The maximum atomic E-state index is 5.70. The molecule has 2 heterocycles. The Labute approximate surface area is 230 Å². The first kappa shape index (κ1) is 26.1. The molecular weight excluding hydrogens is 488 g/mol. The Morgan fingerprint density at radius 1 is 0.947 bits per heavy atom. The summed E-state index contributed by atoms with van der Waals surface area (Å²) in [6.45, 7) is 5.20. The molecule has 0 spiro atoms. The fraction of sp³-hybridized carbons (Fsp3) is 0.281. The molecule has 5 nitrogen and oxygen atoms in total. The molecule has 6 heteroatoms. The van der Waals surface area contributed by atoms with Gasteiger partial charge in [0, 0.05) is 36.0 Å². The van der Waals surface area contributed by atoms with Crippen molar-refractivity contribution in [3.05, 3.63) is 89.5 Å². The van der Waals surface area contributed by atoms with E-state index in [9.17, 15) is 0 Å². The van der Waals surface area contributed by atoms with Gasteiger partial charge in [0.05, 0.1) is 30.9 Å². The molecular formula is C32H37N4OS+. The number of para-hydroxylation sites is 2. The van der Waals surface area contributed by atoms with Crippen molar-refractivity contribution in [2.45, 2.75) is 18.2 Å². The molecule has 3 aromatic carbocycles. The van der Waals surface area contributed by atoms with Crippen LogP contribution < -0.4 is 19.1 Å². The van der Waals surface area contributed by atoms with Crippen molar-refractivity contribution in [2.24, 2.45) is 0 Å². The Morgan fingerprint density at radius 3 is 2.42 bits per heavy atom. The summed E-state index contributed by atoms with van der Waals surface area (Å²) in [5.74, 6) is 2.04. The summed E-state index contributed by atoms with van der Waals surface area (Å²) in [5, 5.41) is 2.42. The van der Waals surface area contributed by atoms with Gasteiger partial charge in [-0.15, -0.1) is 0 Å². The molecule has 0 saturated heterocycles. The lowest BCUT2D eigenvalue weighted by Crippen LogP contribution is -2.42. The Hall–Kier alpha value is -3.48. The van der Waals surface area contributed by atoms with Crippen LogP contribution in [0.4, 0.5) is 11.5 Å². The molecule has 0 atom stereocenters. The molecule has 4 aromatic rings. The van der Waals surface area contributed by atoms with Crippen molar-refractivity contribution in [3.63, 3.8) is 0 Å². The highest BCUT2D eigenvalue weighted by Gasteiger charge is 2.26. The number of pyridine rings is 1. The van der Waals surface area contributed by atoms with E-state index in [1.54, 1.807) is 7.11 Å². The molecule has 5 rings (SSSR count). The second-order valence-electron chi connectivity index (χ2n) is 9.86. The number of hydrogen-bond acceptors (Lipinski definition) is 5. The van der Waals surface area contributed by atoms with Crippen LogP contribution in [-0.2, 0) is 0 Å². The van der Waals surface area contributed by atoms with Gasteiger partial charge in [-0.05, 0) is 75.5 Å². The number of ether oxygens (including phenoxy) is 1. The van der Waals surface area contributed by atoms with E-state index < -0.39 is 0 Å². The summed E-state index contributed by atoms with van der Waals surface area (Å²) in [7, 11) is 8.17. The van der Waals surface area contributed by atoms with Crippen LogP contribution in [0.5, 0.6) is 5.75 Å². The van der Waals surface area contributed by atoms with E-state index in [2.05, 4.69) is 132 Å². The lowest BCUT2D eigenvalue weighted by molar-refractivity contribution is -0.553. The molecule has 1 aromatic heterocycles. The first-order valence-electron chi connectivity index (χ1n) is 13.2. The molecule has 0 unspecified atom stereocenters. The van der Waals surface area contributed by atoms with E-state index in [0.29, 0.717) is 0 Å². The number of benzene rings is 3. The molecule has 0 fully saturated rings. The van der Waals surface area contributed by atoms with Crippen molar-refractivity contribution < 1.29 is 9.30 Å². The van der Waals surface area contributed by atoms with Gasteiger partial charge in [0.1, 0.15) is 17.0 Å². The molecule has 1 aliphatic rings.